The third kappa shape index (κ3) is 2.42. The SMILES string of the molecule is CCN(C(=O)c1ccc(C(N)=NO)cn1)C1CC1. The zero-order valence-corrected chi connectivity index (χ0v) is 10.2. The van der Waals surface area contributed by atoms with E-state index in [1.54, 1.807) is 12.1 Å². The highest BCUT2D eigenvalue weighted by atomic mass is 16.4. The molecule has 0 aliphatic heterocycles. The fraction of sp³-hybridized carbons (Fsp3) is 0.417. The van der Waals surface area contributed by atoms with E-state index in [-0.39, 0.29) is 11.7 Å². The molecule has 0 saturated heterocycles. The van der Waals surface area contributed by atoms with Crippen molar-refractivity contribution in [2.75, 3.05) is 6.54 Å². The van der Waals surface area contributed by atoms with Crippen molar-refractivity contribution in [3.63, 3.8) is 0 Å². The van der Waals surface area contributed by atoms with Crippen molar-refractivity contribution in [1.82, 2.24) is 9.88 Å². The van der Waals surface area contributed by atoms with Gasteiger partial charge >= 0.3 is 0 Å². The summed E-state index contributed by atoms with van der Waals surface area (Å²) in [5.41, 5.74) is 6.31. The Hall–Kier alpha value is -2.11. The number of oxime groups is 1. The number of pyridine rings is 1. The Labute approximate surface area is 105 Å². The number of amides is 1. The lowest BCUT2D eigenvalue weighted by atomic mass is 10.2. The van der Waals surface area contributed by atoms with Gasteiger partial charge < -0.3 is 15.8 Å². The van der Waals surface area contributed by atoms with Gasteiger partial charge in [0.1, 0.15) is 5.69 Å². The van der Waals surface area contributed by atoms with Gasteiger partial charge in [0, 0.05) is 24.3 Å². The van der Waals surface area contributed by atoms with Gasteiger partial charge in [-0.05, 0) is 31.9 Å². The molecule has 1 aromatic heterocycles. The van der Waals surface area contributed by atoms with Crippen LogP contribution in [0.25, 0.3) is 0 Å². The Balaban J connectivity index is 2.16. The number of hydrogen-bond acceptors (Lipinski definition) is 4. The predicted octanol–water partition coefficient (Wildman–Crippen LogP) is 0.801. The highest BCUT2D eigenvalue weighted by Crippen LogP contribution is 2.27. The molecule has 18 heavy (non-hydrogen) atoms. The molecule has 1 amide bonds. The minimum Gasteiger partial charge on any atom is -0.409 e. The Bertz CT molecular complexity index is 465. The summed E-state index contributed by atoms with van der Waals surface area (Å²) in [7, 11) is 0. The molecule has 1 heterocycles. The maximum absolute atomic E-state index is 12.2. The second kappa shape index (κ2) is 5.03. The van der Waals surface area contributed by atoms with Crippen LogP contribution in [-0.4, -0.2) is 39.4 Å². The molecule has 1 aromatic rings. The number of nitrogens with zero attached hydrogens (tertiary/aromatic N) is 3. The number of aromatic nitrogens is 1. The average molecular weight is 248 g/mol. The largest absolute Gasteiger partial charge is 0.409 e. The van der Waals surface area contributed by atoms with Gasteiger partial charge in [0.25, 0.3) is 5.91 Å². The van der Waals surface area contributed by atoms with Gasteiger partial charge in [-0.1, -0.05) is 5.16 Å². The van der Waals surface area contributed by atoms with E-state index >= 15 is 0 Å². The van der Waals surface area contributed by atoms with Crippen molar-refractivity contribution >= 4 is 11.7 Å². The number of amidine groups is 1. The molecule has 6 heteroatoms. The maximum Gasteiger partial charge on any atom is 0.272 e. The Morgan fingerprint density at radius 2 is 2.33 bits per heavy atom. The highest BCUT2D eigenvalue weighted by molar-refractivity contribution is 5.98. The van der Waals surface area contributed by atoms with E-state index in [4.69, 9.17) is 10.9 Å². The number of carbonyl (C=O) groups is 1. The van der Waals surface area contributed by atoms with E-state index in [1.807, 2.05) is 11.8 Å². The summed E-state index contributed by atoms with van der Waals surface area (Å²) in [4.78, 5) is 18.0. The van der Waals surface area contributed by atoms with Crippen LogP contribution in [0, 0.1) is 0 Å². The van der Waals surface area contributed by atoms with Crippen LogP contribution in [0.5, 0.6) is 0 Å². The molecule has 6 nitrogen and oxygen atoms in total. The molecule has 0 atom stereocenters. The van der Waals surface area contributed by atoms with Crippen molar-refractivity contribution in [3.05, 3.63) is 29.6 Å². The number of carbonyl (C=O) groups excluding carboxylic acids is 1. The van der Waals surface area contributed by atoms with E-state index in [0.29, 0.717) is 23.8 Å². The van der Waals surface area contributed by atoms with Crippen molar-refractivity contribution in [2.45, 2.75) is 25.8 Å². The number of hydrogen-bond donors (Lipinski definition) is 2. The summed E-state index contributed by atoms with van der Waals surface area (Å²) in [5.74, 6) is -0.0814. The molecular weight excluding hydrogens is 232 g/mol. The summed E-state index contributed by atoms with van der Waals surface area (Å²) in [6.07, 6.45) is 3.58. The average Bonchev–Trinajstić information content (AvgIpc) is 3.23. The lowest BCUT2D eigenvalue weighted by Crippen LogP contribution is -2.33. The molecule has 1 aliphatic rings. The fourth-order valence-corrected chi connectivity index (χ4v) is 1.83. The van der Waals surface area contributed by atoms with Gasteiger partial charge in [-0.15, -0.1) is 0 Å². The predicted molar refractivity (Wildman–Crippen MR) is 66.5 cm³/mol. The number of rotatable bonds is 4. The van der Waals surface area contributed by atoms with Gasteiger partial charge in [-0.3, -0.25) is 9.78 Å². The Morgan fingerprint density at radius 1 is 1.61 bits per heavy atom. The van der Waals surface area contributed by atoms with E-state index < -0.39 is 0 Å². The van der Waals surface area contributed by atoms with Crippen LogP contribution in [0.3, 0.4) is 0 Å². The minimum atomic E-state index is -0.0638. The summed E-state index contributed by atoms with van der Waals surface area (Å²) < 4.78 is 0. The second-order valence-corrected chi connectivity index (χ2v) is 4.24. The lowest BCUT2D eigenvalue weighted by molar-refractivity contribution is 0.0746. The van der Waals surface area contributed by atoms with E-state index in [2.05, 4.69) is 10.1 Å². The molecule has 0 bridgehead atoms. The van der Waals surface area contributed by atoms with Gasteiger partial charge in [-0.25, -0.2) is 0 Å². The first kappa shape index (κ1) is 12.3. The van der Waals surface area contributed by atoms with E-state index in [0.717, 1.165) is 12.8 Å². The summed E-state index contributed by atoms with van der Waals surface area (Å²) in [6, 6.07) is 3.59. The standard InChI is InChI=1S/C12H16N4O2/c1-2-16(9-4-5-9)12(17)10-6-3-8(7-14-10)11(13)15-18/h3,6-7,9,18H,2,4-5H2,1H3,(H2,13,15). The zero-order chi connectivity index (χ0) is 13.1. The van der Waals surface area contributed by atoms with Gasteiger partial charge in [0.2, 0.25) is 0 Å². The minimum absolute atomic E-state index is 0.0176. The summed E-state index contributed by atoms with van der Waals surface area (Å²) >= 11 is 0. The van der Waals surface area contributed by atoms with Gasteiger partial charge in [0.05, 0.1) is 0 Å². The quantitative estimate of drug-likeness (QED) is 0.357. The van der Waals surface area contributed by atoms with Crippen LogP contribution < -0.4 is 5.73 Å². The van der Waals surface area contributed by atoms with Crippen molar-refractivity contribution in [2.24, 2.45) is 10.9 Å². The molecule has 1 aliphatic carbocycles. The van der Waals surface area contributed by atoms with Crippen LogP contribution in [0.1, 0.15) is 35.8 Å². The van der Waals surface area contributed by atoms with Crippen molar-refractivity contribution in [3.8, 4) is 0 Å². The molecule has 1 fully saturated rings. The molecule has 96 valence electrons. The van der Waals surface area contributed by atoms with E-state index in [1.165, 1.54) is 6.20 Å². The molecule has 2 rings (SSSR count). The third-order valence-electron chi connectivity index (χ3n) is 2.98. The molecule has 0 unspecified atom stereocenters. The van der Waals surface area contributed by atoms with Crippen LogP contribution in [0.4, 0.5) is 0 Å². The Morgan fingerprint density at radius 3 is 2.78 bits per heavy atom. The first-order valence-electron chi connectivity index (χ1n) is 5.92. The molecule has 0 spiro atoms. The summed E-state index contributed by atoms with van der Waals surface area (Å²) in [5, 5.41) is 11.4. The normalized spacial score (nSPS) is 15.5. The van der Waals surface area contributed by atoms with E-state index in [9.17, 15) is 4.79 Å². The van der Waals surface area contributed by atoms with Gasteiger partial charge in [-0.2, -0.15) is 0 Å². The smallest absolute Gasteiger partial charge is 0.272 e. The van der Waals surface area contributed by atoms with Gasteiger partial charge in [0.15, 0.2) is 5.84 Å². The van der Waals surface area contributed by atoms with Crippen LogP contribution in [-0.2, 0) is 0 Å². The number of nitrogens with two attached hydrogens (primary N) is 1. The van der Waals surface area contributed by atoms with Crippen molar-refractivity contribution < 1.29 is 10.0 Å². The zero-order valence-electron chi connectivity index (χ0n) is 10.2. The van der Waals surface area contributed by atoms with Crippen molar-refractivity contribution in [1.29, 1.82) is 0 Å². The third-order valence-corrected chi connectivity index (χ3v) is 2.98. The molecular formula is C12H16N4O2. The summed E-state index contributed by atoms with van der Waals surface area (Å²) in [6.45, 7) is 2.65. The van der Waals surface area contributed by atoms with Crippen LogP contribution >= 0.6 is 0 Å². The van der Waals surface area contributed by atoms with Crippen LogP contribution in [0.2, 0.25) is 0 Å². The molecule has 0 aromatic carbocycles. The molecule has 0 radical (unpaired) electrons. The topological polar surface area (TPSA) is 91.8 Å². The monoisotopic (exact) mass is 248 g/mol. The van der Waals surface area contributed by atoms with Crippen LogP contribution in [0.15, 0.2) is 23.5 Å². The second-order valence-electron chi connectivity index (χ2n) is 4.24. The first-order chi connectivity index (χ1) is 8.67. The molecule has 3 N–H and O–H groups in total. The maximum atomic E-state index is 12.2. The first-order valence-corrected chi connectivity index (χ1v) is 5.92. The molecule has 1 saturated carbocycles. The fourth-order valence-electron chi connectivity index (χ4n) is 1.83. The lowest BCUT2D eigenvalue weighted by Gasteiger charge is -2.19. The Kier molecular flexibility index (Phi) is 3.45. The highest BCUT2D eigenvalue weighted by Gasteiger charge is 2.32.